The molecule has 130 valence electrons. The monoisotopic (exact) mass is 371 g/mol. The first-order chi connectivity index (χ1) is 12.3. The summed E-state index contributed by atoms with van der Waals surface area (Å²) in [6.45, 7) is 2.22. The Balaban J connectivity index is 1.71. The molecule has 1 aromatic carbocycles. The number of aromatic nitrogens is 4. The van der Waals surface area contributed by atoms with Gasteiger partial charge in [0.25, 0.3) is 0 Å². The van der Waals surface area contributed by atoms with Crippen molar-refractivity contribution >= 4 is 40.1 Å². The summed E-state index contributed by atoms with van der Waals surface area (Å²) in [6, 6.07) is 8.35. The molecule has 0 atom stereocenters. The normalized spacial score (nSPS) is 15.8. The minimum Gasteiger partial charge on any atom is -0.371 e. The van der Waals surface area contributed by atoms with Crippen molar-refractivity contribution in [2.45, 2.75) is 23.2 Å². The summed E-state index contributed by atoms with van der Waals surface area (Å²) in [5.74, 6) is 0.813. The molecule has 5 nitrogen and oxygen atoms in total. The van der Waals surface area contributed by atoms with Gasteiger partial charge in [0.05, 0.1) is 11.7 Å². The van der Waals surface area contributed by atoms with E-state index in [1.54, 1.807) is 18.0 Å². The molecule has 0 N–H and O–H groups in total. The molecule has 1 fully saturated rings. The van der Waals surface area contributed by atoms with Crippen LogP contribution in [0.3, 0.4) is 0 Å². The number of hydrogen-bond donors (Lipinski definition) is 0. The van der Waals surface area contributed by atoms with Crippen molar-refractivity contribution in [3.05, 3.63) is 36.7 Å². The molecule has 1 aliphatic rings. The predicted molar refractivity (Wildman–Crippen MR) is 107 cm³/mol. The van der Waals surface area contributed by atoms with Crippen molar-refractivity contribution < 1.29 is 0 Å². The van der Waals surface area contributed by atoms with E-state index in [1.165, 1.54) is 23.9 Å². The van der Waals surface area contributed by atoms with Crippen LogP contribution in [0, 0.1) is 0 Å². The summed E-state index contributed by atoms with van der Waals surface area (Å²) in [7, 11) is 0. The second-order valence-electron chi connectivity index (χ2n) is 6.09. The molecule has 25 heavy (non-hydrogen) atoms. The van der Waals surface area contributed by atoms with Crippen LogP contribution < -0.4 is 4.90 Å². The predicted octanol–water partition coefficient (Wildman–Crippen LogP) is 3.87. The zero-order valence-electron chi connectivity index (χ0n) is 14.4. The van der Waals surface area contributed by atoms with Crippen LogP contribution in [0.25, 0.3) is 16.7 Å². The molecule has 7 heteroatoms. The first-order valence-corrected chi connectivity index (χ1v) is 10.9. The Morgan fingerprint density at radius 3 is 2.72 bits per heavy atom. The summed E-state index contributed by atoms with van der Waals surface area (Å²) < 4.78 is 1.91. The fourth-order valence-corrected chi connectivity index (χ4v) is 4.41. The molecule has 0 amide bonds. The van der Waals surface area contributed by atoms with Crippen LogP contribution >= 0.6 is 23.5 Å². The summed E-state index contributed by atoms with van der Waals surface area (Å²) in [4.78, 5) is 11.3. The lowest BCUT2D eigenvalue weighted by molar-refractivity contribution is 0.593. The molecular weight excluding hydrogens is 350 g/mol. The van der Waals surface area contributed by atoms with Crippen LogP contribution in [0.1, 0.15) is 12.8 Å². The third-order valence-corrected chi connectivity index (χ3v) is 6.42. The highest BCUT2D eigenvalue weighted by atomic mass is 32.2. The van der Waals surface area contributed by atoms with Gasteiger partial charge in [-0.15, -0.1) is 0 Å². The van der Waals surface area contributed by atoms with Crippen molar-refractivity contribution in [3.8, 4) is 5.82 Å². The van der Waals surface area contributed by atoms with Crippen molar-refractivity contribution in [1.82, 2.24) is 19.7 Å². The highest BCUT2D eigenvalue weighted by Crippen LogP contribution is 2.31. The van der Waals surface area contributed by atoms with Gasteiger partial charge in [-0.1, -0.05) is 17.8 Å². The Morgan fingerprint density at radius 2 is 1.96 bits per heavy atom. The van der Waals surface area contributed by atoms with E-state index in [2.05, 4.69) is 44.4 Å². The van der Waals surface area contributed by atoms with Gasteiger partial charge in [-0.3, -0.25) is 0 Å². The second kappa shape index (κ2) is 7.25. The molecule has 1 saturated heterocycles. The van der Waals surface area contributed by atoms with Crippen molar-refractivity contribution in [2.75, 3.05) is 30.5 Å². The molecule has 1 aliphatic heterocycles. The number of piperidine rings is 1. The standard InChI is InChI=1S/C18H21N5S2/c1-24-13-7-10-22(11-8-13)15-4-3-5-16-14(15)12-20-23(16)17-6-9-19-18(21-17)25-2/h3-6,9,12-13H,7-8,10-11H2,1-2H3. The Hall–Kier alpha value is -1.73. The number of hydrogen-bond acceptors (Lipinski definition) is 6. The molecular formula is C18H21N5S2. The lowest BCUT2D eigenvalue weighted by Gasteiger charge is -2.33. The maximum atomic E-state index is 4.61. The quantitative estimate of drug-likeness (QED) is 0.512. The van der Waals surface area contributed by atoms with E-state index >= 15 is 0 Å². The van der Waals surface area contributed by atoms with E-state index < -0.39 is 0 Å². The number of fused-ring (bicyclic) bond motifs is 1. The van der Waals surface area contributed by atoms with Crippen LogP contribution in [-0.4, -0.2) is 50.6 Å². The molecule has 3 aromatic rings. The molecule has 0 aliphatic carbocycles. The van der Waals surface area contributed by atoms with E-state index in [9.17, 15) is 0 Å². The lowest BCUT2D eigenvalue weighted by Crippen LogP contribution is -2.34. The van der Waals surface area contributed by atoms with Gasteiger partial charge >= 0.3 is 0 Å². The molecule has 0 spiro atoms. The number of rotatable bonds is 4. The molecule has 2 aromatic heterocycles. The average Bonchev–Trinajstić information content (AvgIpc) is 3.12. The van der Waals surface area contributed by atoms with Gasteiger partial charge in [-0.25, -0.2) is 14.6 Å². The summed E-state index contributed by atoms with van der Waals surface area (Å²) in [5.41, 5.74) is 2.37. The Bertz CT molecular complexity index is 871. The minimum atomic E-state index is 0.761. The smallest absolute Gasteiger partial charge is 0.189 e. The van der Waals surface area contributed by atoms with E-state index in [0.29, 0.717) is 0 Å². The maximum Gasteiger partial charge on any atom is 0.189 e. The fourth-order valence-electron chi connectivity index (χ4n) is 3.37. The third kappa shape index (κ3) is 3.22. The summed E-state index contributed by atoms with van der Waals surface area (Å²) >= 11 is 3.53. The molecule has 0 saturated carbocycles. The zero-order chi connectivity index (χ0) is 17.2. The first kappa shape index (κ1) is 16.7. The van der Waals surface area contributed by atoms with Crippen molar-refractivity contribution in [1.29, 1.82) is 0 Å². The molecule has 0 bridgehead atoms. The van der Waals surface area contributed by atoms with Crippen LogP contribution in [-0.2, 0) is 0 Å². The largest absolute Gasteiger partial charge is 0.371 e. The molecule has 0 unspecified atom stereocenters. The number of benzene rings is 1. The van der Waals surface area contributed by atoms with E-state index in [1.807, 2.05) is 35.0 Å². The SMILES string of the molecule is CSc1nccc(-n2ncc3c(N4CCC(SC)CC4)cccc32)n1. The van der Waals surface area contributed by atoms with Gasteiger partial charge in [0.15, 0.2) is 11.0 Å². The van der Waals surface area contributed by atoms with Gasteiger partial charge in [-0.2, -0.15) is 16.9 Å². The third-order valence-electron chi connectivity index (χ3n) is 4.72. The molecule has 3 heterocycles. The highest BCUT2D eigenvalue weighted by Gasteiger charge is 2.21. The highest BCUT2D eigenvalue weighted by molar-refractivity contribution is 7.99. The topological polar surface area (TPSA) is 46.8 Å². The zero-order valence-corrected chi connectivity index (χ0v) is 16.1. The fraction of sp³-hybridized carbons (Fsp3) is 0.389. The van der Waals surface area contributed by atoms with E-state index in [0.717, 1.165) is 34.8 Å². The summed E-state index contributed by atoms with van der Waals surface area (Å²) in [6.07, 6.45) is 10.4. The van der Waals surface area contributed by atoms with Crippen molar-refractivity contribution in [2.24, 2.45) is 0 Å². The van der Waals surface area contributed by atoms with Gasteiger partial charge in [0.2, 0.25) is 0 Å². The van der Waals surface area contributed by atoms with Crippen LogP contribution in [0.5, 0.6) is 0 Å². The minimum absolute atomic E-state index is 0.761. The van der Waals surface area contributed by atoms with Crippen LogP contribution in [0.4, 0.5) is 5.69 Å². The Labute approximate surface area is 156 Å². The Kier molecular flexibility index (Phi) is 4.85. The number of nitrogens with zero attached hydrogens (tertiary/aromatic N) is 5. The lowest BCUT2D eigenvalue weighted by atomic mass is 10.1. The average molecular weight is 372 g/mol. The maximum absolute atomic E-state index is 4.61. The van der Waals surface area contributed by atoms with Crippen LogP contribution in [0.15, 0.2) is 41.8 Å². The summed E-state index contributed by atoms with van der Waals surface area (Å²) in [5, 5.41) is 7.36. The van der Waals surface area contributed by atoms with Crippen molar-refractivity contribution in [3.63, 3.8) is 0 Å². The van der Waals surface area contributed by atoms with Gasteiger partial charge in [0, 0.05) is 41.7 Å². The number of anilines is 1. The van der Waals surface area contributed by atoms with Gasteiger partial charge in [-0.05, 0) is 37.5 Å². The van der Waals surface area contributed by atoms with Crippen LogP contribution in [0.2, 0.25) is 0 Å². The van der Waals surface area contributed by atoms with E-state index in [-0.39, 0.29) is 0 Å². The molecule has 4 rings (SSSR count). The Morgan fingerprint density at radius 1 is 1.12 bits per heavy atom. The first-order valence-electron chi connectivity index (χ1n) is 8.42. The van der Waals surface area contributed by atoms with E-state index in [4.69, 9.17) is 0 Å². The van der Waals surface area contributed by atoms with Gasteiger partial charge < -0.3 is 4.90 Å². The van der Waals surface area contributed by atoms with Gasteiger partial charge in [0.1, 0.15) is 0 Å². The second-order valence-corrected chi connectivity index (χ2v) is 8.00. The number of thioether (sulfide) groups is 2. The molecule has 0 radical (unpaired) electrons.